The van der Waals surface area contributed by atoms with Gasteiger partial charge in [0.15, 0.2) is 15.8 Å². The molecule has 1 unspecified atom stereocenters. The Hall–Kier alpha value is -0.540. The number of hydrogen-bond donors (Lipinski definition) is 2. The highest BCUT2D eigenvalue weighted by Crippen LogP contribution is 2.18. The van der Waals surface area contributed by atoms with E-state index in [0.717, 1.165) is 17.5 Å². The van der Waals surface area contributed by atoms with Gasteiger partial charge in [-0.1, -0.05) is 17.7 Å². The second-order valence-corrected chi connectivity index (χ2v) is 9.35. The van der Waals surface area contributed by atoms with E-state index in [0.29, 0.717) is 29.8 Å². The molecule has 0 bridgehead atoms. The Morgan fingerprint density at radius 3 is 2.72 bits per heavy atom. The first-order valence-corrected chi connectivity index (χ1v) is 10.5. The first-order chi connectivity index (χ1) is 11.2. The molecule has 0 saturated carbocycles. The Morgan fingerprint density at radius 2 is 2.12 bits per heavy atom. The van der Waals surface area contributed by atoms with E-state index in [1.54, 1.807) is 0 Å². The van der Waals surface area contributed by atoms with Crippen LogP contribution in [0.5, 0.6) is 0 Å². The zero-order chi connectivity index (χ0) is 17.7. The third kappa shape index (κ3) is 7.70. The van der Waals surface area contributed by atoms with E-state index in [-0.39, 0.29) is 41.7 Å². The monoisotopic (exact) mass is 499 g/mol. The molecule has 142 valence electrons. The Bertz CT molecular complexity index is 708. The summed E-state index contributed by atoms with van der Waals surface area (Å²) >= 11 is 6.05. The smallest absolute Gasteiger partial charge is 0.191 e. The number of benzene rings is 1. The van der Waals surface area contributed by atoms with Gasteiger partial charge in [0.25, 0.3) is 0 Å². The van der Waals surface area contributed by atoms with E-state index in [2.05, 4.69) is 15.6 Å². The van der Waals surface area contributed by atoms with Crippen LogP contribution in [0.3, 0.4) is 0 Å². The molecule has 0 aromatic heterocycles. The first-order valence-electron chi connectivity index (χ1n) is 8.25. The molecule has 1 aromatic carbocycles. The molecular formula is C17H27ClIN3O2S. The lowest BCUT2D eigenvalue weighted by Crippen LogP contribution is -2.43. The largest absolute Gasteiger partial charge is 0.356 e. The van der Waals surface area contributed by atoms with Crippen LogP contribution in [-0.2, 0) is 16.4 Å². The Labute approximate surface area is 173 Å². The molecule has 25 heavy (non-hydrogen) atoms. The SMILES string of the molecule is Cc1ccc(Cl)cc1CN=C(NCC1CCS(=O)(=O)C1)NC(C)C.I. The van der Waals surface area contributed by atoms with Crippen molar-refractivity contribution in [1.29, 1.82) is 0 Å². The summed E-state index contributed by atoms with van der Waals surface area (Å²) in [6.07, 6.45) is 0.720. The van der Waals surface area contributed by atoms with Gasteiger partial charge in [0.2, 0.25) is 0 Å². The quantitative estimate of drug-likeness (QED) is 0.371. The lowest BCUT2D eigenvalue weighted by Gasteiger charge is -2.17. The van der Waals surface area contributed by atoms with Gasteiger partial charge in [-0.15, -0.1) is 24.0 Å². The predicted molar refractivity (Wildman–Crippen MR) is 116 cm³/mol. The molecule has 0 radical (unpaired) electrons. The van der Waals surface area contributed by atoms with Crippen molar-refractivity contribution in [3.05, 3.63) is 34.3 Å². The fourth-order valence-corrected chi connectivity index (χ4v) is 4.73. The summed E-state index contributed by atoms with van der Waals surface area (Å²) in [6, 6.07) is 6.02. The lowest BCUT2D eigenvalue weighted by atomic mass is 10.1. The summed E-state index contributed by atoms with van der Waals surface area (Å²) in [5.41, 5.74) is 2.23. The number of nitrogens with one attached hydrogen (secondary N) is 2. The summed E-state index contributed by atoms with van der Waals surface area (Å²) in [4.78, 5) is 4.62. The molecule has 5 nitrogen and oxygen atoms in total. The summed E-state index contributed by atoms with van der Waals surface area (Å²) < 4.78 is 23.1. The zero-order valence-corrected chi connectivity index (χ0v) is 18.8. The number of hydrogen-bond acceptors (Lipinski definition) is 3. The molecule has 1 aromatic rings. The average molecular weight is 500 g/mol. The van der Waals surface area contributed by atoms with Crippen molar-refractivity contribution in [2.24, 2.45) is 10.9 Å². The standard InChI is InChI=1S/C17H26ClN3O2S.HI/c1-12(2)21-17(19-9-14-6-7-24(22,23)11-14)20-10-15-8-16(18)5-4-13(15)3;/h4-5,8,12,14H,6-7,9-11H2,1-3H3,(H2,19,20,21);1H. The van der Waals surface area contributed by atoms with Gasteiger partial charge in [-0.05, 0) is 56.4 Å². The van der Waals surface area contributed by atoms with E-state index in [1.807, 2.05) is 39.0 Å². The molecule has 1 saturated heterocycles. The van der Waals surface area contributed by atoms with Gasteiger partial charge < -0.3 is 10.6 Å². The van der Waals surface area contributed by atoms with Crippen LogP contribution in [0.2, 0.25) is 5.02 Å². The summed E-state index contributed by atoms with van der Waals surface area (Å²) in [5.74, 6) is 1.42. The van der Waals surface area contributed by atoms with Crippen molar-refractivity contribution in [3.8, 4) is 0 Å². The number of aliphatic imine (C=N–C) groups is 1. The van der Waals surface area contributed by atoms with E-state index in [4.69, 9.17) is 11.6 Å². The number of rotatable bonds is 5. The Balaban J connectivity index is 0.00000312. The maximum Gasteiger partial charge on any atom is 0.191 e. The van der Waals surface area contributed by atoms with Crippen LogP contribution >= 0.6 is 35.6 Å². The van der Waals surface area contributed by atoms with E-state index >= 15 is 0 Å². The predicted octanol–water partition coefficient (Wildman–Crippen LogP) is 3.14. The highest BCUT2D eigenvalue weighted by atomic mass is 127. The van der Waals surface area contributed by atoms with Crippen molar-refractivity contribution >= 4 is 51.4 Å². The normalized spacial score (nSPS) is 19.6. The van der Waals surface area contributed by atoms with E-state index < -0.39 is 9.84 Å². The third-order valence-corrected chi connectivity index (χ3v) is 6.10. The third-order valence-electron chi connectivity index (χ3n) is 4.03. The summed E-state index contributed by atoms with van der Waals surface area (Å²) in [6.45, 7) is 7.26. The maximum atomic E-state index is 11.6. The fourth-order valence-electron chi connectivity index (χ4n) is 2.67. The molecule has 0 amide bonds. The van der Waals surface area contributed by atoms with Crippen molar-refractivity contribution in [3.63, 3.8) is 0 Å². The van der Waals surface area contributed by atoms with Gasteiger partial charge in [0.05, 0.1) is 18.1 Å². The van der Waals surface area contributed by atoms with Gasteiger partial charge in [-0.2, -0.15) is 0 Å². The number of sulfone groups is 1. The Morgan fingerprint density at radius 1 is 1.40 bits per heavy atom. The zero-order valence-electron chi connectivity index (χ0n) is 14.9. The molecule has 1 atom stereocenters. The molecule has 1 fully saturated rings. The van der Waals surface area contributed by atoms with Gasteiger partial charge in [0.1, 0.15) is 0 Å². The summed E-state index contributed by atoms with van der Waals surface area (Å²) in [5, 5.41) is 7.26. The molecule has 0 aliphatic carbocycles. The number of nitrogens with zero attached hydrogens (tertiary/aromatic N) is 1. The molecule has 2 rings (SSSR count). The molecular weight excluding hydrogens is 473 g/mol. The van der Waals surface area contributed by atoms with Gasteiger partial charge in [0, 0.05) is 17.6 Å². The average Bonchev–Trinajstić information content (AvgIpc) is 2.84. The maximum absolute atomic E-state index is 11.6. The van der Waals surface area contributed by atoms with Crippen molar-refractivity contribution < 1.29 is 8.42 Å². The fraction of sp³-hybridized carbons (Fsp3) is 0.588. The van der Waals surface area contributed by atoms with Crippen LogP contribution in [0.15, 0.2) is 23.2 Å². The molecule has 2 N–H and O–H groups in total. The van der Waals surface area contributed by atoms with Crippen LogP contribution in [0.1, 0.15) is 31.4 Å². The van der Waals surface area contributed by atoms with Crippen LogP contribution in [0.4, 0.5) is 0 Å². The van der Waals surface area contributed by atoms with Gasteiger partial charge >= 0.3 is 0 Å². The minimum Gasteiger partial charge on any atom is -0.356 e. The van der Waals surface area contributed by atoms with Crippen molar-refractivity contribution in [1.82, 2.24) is 10.6 Å². The lowest BCUT2D eigenvalue weighted by molar-refractivity contribution is 0.562. The molecule has 1 heterocycles. The minimum atomic E-state index is -2.85. The highest BCUT2D eigenvalue weighted by Gasteiger charge is 2.27. The van der Waals surface area contributed by atoms with Crippen molar-refractivity contribution in [2.45, 2.75) is 39.8 Å². The summed E-state index contributed by atoms with van der Waals surface area (Å²) in [7, 11) is -2.85. The van der Waals surface area contributed by atoms with Gasteiger partial charge in [-0.25, -0.2) is 13.4 Å². The first kappa shape index (κ1) is 22.5. The van der Waals surface area contributed by atoms with Crippen LogP contribution in [0, 0.1) is 12.8 Å². The number of guanidine groups is 1. The molecule has 0 spiro atoms. The molecule has 1 aliphatic rings. The highest BCUT2D eigenvalue weighted by molar-refractivity contribution is 14.0. The topological polar surface area (TPSA) is 70.6 Å². The Kier molecular flexibility index (Phi) is 8.97. The van der Waals surface area contributed by atoms with E-state index in [9.17, 15) is 8.42 Å². The van der Waals surface area contributed by atoms with Crippen molar-refractivity contribution in [2.75, 3.05) is 18.1 Å². The van der Waals surface area contributed by atoms with Crippen LogP contribution in [-0.4, -0.2) is 38.5 Å². The number of halogens is 2. The van der Waals surface area contributed by atoms with Crippen LogP contribution < -0.4 is 10.6 Å². The van der Waals surface area contributed by atoms with E-state index in [1.165, 1.54) is 0 Å². The second-order valence-electron chi connectivity index (χ2n) is 6.68. The minimum absolute atomic E-state index is 0. The van der Waals surface area contributed by atoms with Gasteiger partial charge in [-0.3, -0.25) is 0 Å². The second kappa shape index (κ2) is 9.97. The number of aryl methyl sites for hydroxylation is 1. The van der Waals surface area contributed by atoms with Crippen LogP contribution in [0.25, 0.3) is 0 Å². The molecule has 1 aliphatic heterocycles. The molecule has 8 heteroatoms.